The van der Waals surface area contributed by atoms with E-state index in [1.54, 1.807) is 16.7 Å². The molecule has 19 heavy (non-hydrogen) atoms. The van der Waals surface area contributed by atoms with Crippen molar-refractivity contribution in [1.82, 2.24) is 4.90 Å². The predicted octanol–water partition coefficient (Wildman–Crippen LogP) is 2.10. The van der Waals surface area contributed by atoms with Crippen LogP contribution in [0.1, 0.15) is 10.4 Å². The maximum absolute atomic E-state index is 13.0. The third-order valence-corrected chi connectivity index (χ3v) is 3.69. The third-order valence-electron chi connectivity index (χ3n) is 2.75. The summed E-state index contributed by atoms with van der Waals surface area (Å²) in [6.45, 7) is 1.25. The smallest absolute Gasteiger partial charge is 0.337 e. The van der Waals surface area contributed by atoms with Gasteiger partial charge in [-0.15, -0.1) is 0 Å². The summed E-state index contributed by atoms with van der Waals surface area (Å²) < 4.78 is 13.0. The Bertz CT molecular complexity index is 504. The molecule has 0 atom stereocenters. The minimum Gasteiger partial charge on any atom is -0.478 e. The van der Waals surface area contributed by atoms with Crippen molar-refractivity contribution in [1.29, 1.82) is 0 Å². The largest absolute Gasteiger partial charge is 0.478 e. The molecular formula is C12H13FN2O3S. The summed E-state index contributed by atoms with van der Waals surface area (Å²) in [7, 11) is 0. The van der Waals surface area contributed by atoms with Gasteiger partial charge in [0.2, 0.25) is 0 Å². The fourth-order valence-corrected chi connectivity index (χ4v) is 2.67. The van der Waals surface area contributed by atoms with Crippen molar-refractivity contribution in [2.45, 2.75) is 0 Å². The van der Waals surface area contributed by atoms with Crippen LogP contribution >= 0.6 is 11.8 Å². The van der Waals surface area contributed by atoms with Gasteiger partial charge in [0.15, 0.2) is 0 Å². The average molecular weight is 284 g/mol. The van der Waals surface area contributed by atoms with Crippen molar-refractivity contribution >= 4 is 29.4 Å². The van der Waals surface area contributed by atoms with Crippen molar-refractivity contribution in [3.05, 3.63) is 29.6 Å². The number of amides is 2. The highest BCUT2D eigenvalue weighted by Crippen LogP contribution is 2.18. The zero-order valence-corrected chi connectivity index (χ0v) is 10.9. The summed E-state index contributed by atoms with van der Waals surface area (Å²) in [5, 5.41) is 11.5. The van der Waals surface area contributed by atoms with Gasteiger partial charge in [-0.25, -0.2) is 14.0 Å². The Hall–Kier alpha value is -1.76. The number of halogens is 1. The molecule has 2 N–H and O–H groups in total. The lowest BCUT2D eigenvalue weighted by Crippen LogP contribution is -2.40. The molecule has 0 unspecified atom stereocenters. The van der Waals surface area contributed by atoms with Gasteiger partial charge in [-0.3, -0.25) is 0 Å². The van der Waals surface area contributed by atoms with Crippen LogP contribution in [0.15, 0.2) is 18.2 Å². The second-order valence-corrected chi connectivity index (χ2v) is 5.25. The zero-order valence-electron chi connectivity index (χ0n) is 10.1. The van der Waals surface area contributed by atoms with Crippen molar-refractivity contribution < 1.29 is 19.1 Å². The molecule has 1 aliphatic rings. The summed E-state index contributed by atoms with van der Waals surface area (Å²) in [6, 6.07) is 2.92. The van der Waals surface area contributed by atoms with Gasteiger partial charge < -0.3 is 15.3 Å². The van der Waals surface area contributed by atoms with Crippen LogP contribution in [0.4, 0.5) is 14.9 Å². The average Bonchev–Trinajstić information content (AvgIpc) is 2.41. The first-order valence-corrected chi connectivity index (χ1v) is 6.90. The van der Waals surface area contributed by atoms with Gasteiger partial charge in [-0.2, -0.15) is 11.8 Å². The van der Waals surface area contributed by atoms with Gasteiger partial charge >= 0.3 is 12.0 Å². The van der Waals surface area contributed by atoms with E-state index in [4.69, 9.17) is 5.11 Å². The number of rotatable bonds is 2. The van der Waals surface area contributed by atoms with Gasteiger partial charge in [0, 0.05) is 24.6 Å². The summed E-state index contributed by atoms with van der Waals surface area (Å²) in [4.78, 5) is 24.6. The number of hydrogen-bond donors (Lipinski definition) is 2. The van der Waals surface area contributed by atoms with Gasteiger partial charge in [-0.1, -0.05) is 0 Å². The number of anilines is 1. The number of carboxylic acid groups (broad SMARTS) is 1. The molecule has 1 aromatic carbocycles. The van der Waals surface area contributed by atoms with Gasteiger partial charge in [0.1, 0.15) is 5.82 Å². The van der Waals surface area contributed by atoms with Crippen LogP contribution in [0.5, 0.6) is 0 Å². The van der Waals surface area contributed by atoms with Gasteiger partial charge in [0.25, 0.3) is 0 Å². The van der Waals surface area contributed by atoms with Crippen molar-refractivity contribution in [3.8, 4) is 0 Å². The zero-order chi connectivity index (χ0) is 13.8. The number of nitrogens with one attached hydrogen (secondary N) is 1. The molecule has 1 heterocycles. The molecule has 0 saturated carbocycles. The van der Waals surface area contributed by atoms with E-state index in [1.165, 1.54) is 6.07 Å². The standard InChI is InChI=1S/C12H13FN2O3S/c13-8-1-2-10(9(7-8)11(16)17)14-12(18)15-3-5-19-6-4-15/h1-2,7H,3-6H2,(H,14,18)(H,16,17). The summed E-state index contributed by atoms with van der Waals surface area (Å²) in [5.41, 5.74) is -0.142. The first-order valence-electron chi connectivity index (χ1n) is 5.74. The molecule has 1 saturated heterocycles. The minimum atomic E-state index is -1.27. The monoisotopic (exact) mass is 284 g/mol. The van der Waals surface area contributed by atoms with Crippen LogP contribution in [0.3, 0.4) is 0 Å². The highest BCUT2D eigenvalue weighted by molar-refractivity contribution is 7.99. The second-order valence-electron chi connectivity index (χ2n) is 4.02. The highest BCUT2D eigenvalue weighted by Gasteiger charge is 2.19. The normalized spacial score (nSPS) is 15.1. The van der Waals surface area contributed by atoms with Crippen LogP contribution in [0.25, 0.3) is 0 Å². The molecule has 5 nitrogen and oxygen atoms in total. The van der Waals surface area contributed by atoms with E-state index in [9.17, 15) is 14.0 Å². The van der Waals surface area contributed by atoms with Crippen molar-refractivity contribution in [2.24, 2.45) is 0 Å². The Balaban J connectivity index is 2.13. The highest BCUT2D eigenvalue weighted by atomic mass is 32.2. The molecule has 2 rings (SSSR count). The van der Waals surface area contributed by atoms with E-state index in [0.29, 0.717) is 13.1 Å². The van der Waals surface area contributed by atoms with E-state index in [1.807, 2.05) is 0 Å². The molecule has 0 aliphatic carbocycles. The first kappa shape index (κ1) is 13.7. The number of thioether (sulfide) groups is 1. The molecule has 0 aromatic heterocycles. The number of carbonyl (C=O) groups is 2. The van der Waals surface area contributed by atoms with E-state index < -0.39 is 11.8 Å². The fraction of sp³-hybridized carbons (Fsp3) is 0.333. The molecule has 0 spiro atoms. The molecule has 1 aromatic rings. The number of nitrogens with zero attached hydrogens (tertiary/aromatic N) is 1. The number of carbonyl (C=O) groups excluding carboxylic acids is 1. The molecule has 7 heteroatoms. The topological polar surface area (TPSA) is 69.6 Å². The maximum Gasteiger partial charge on any atom is 0.337 e. The quantitative estimate of drug-likeness (QED) is 0.872. The molecular weight excluding hydrogens is 271 g/mol. The van der Waals surface area contributed by atoms with E-state index in [0.717, 1.165) is 23.6 Å². The molecule has 0 bridgehead atoms. The Morgan fingerprint density at radius 1 is 1.32 bits per heavy atom. The SMILES string of the molecule is O=C(O)c1cc(F)ccc1NC(=O)N1CCSCC1. The number of hydrogen-bond acceptors (Lipinski definition) is 3. The summed E-state index contributed by atoms with van der Waals surface area (Å²) in [6.07, 6.45) is 0. The van der Waals surface area contributed by atoms with E-state index >= 15 is 0 Å². The second kappa shape index (κ2) is 5.92. The molecule has 0 radical (unpaired) electrons. The number of benzene rings is 1. The number of urea groups is 1. The van der Waals surface area contributed by atoms with Crippen LogP contribution in [0, 0.1) is 5.82 Å². The number of carboxylic acids is 1. The van der Waals surface area contributed by atoms with Gasteiger partial charge in [0.05, 0.1) is 11.3 Å². The lowest BCUT2D eigenvalue weighted by Gasteiger charge is -2.26. The fourth-order valence-electron chi connectivity index (χ4n) is 1.76. The van der Waals surface area contributed by atoms with Crippen molar-refractivity contribution in [2.75, 3.05) is 29.9 Å². The summed E-state index contributed by atoms with van der Waals surface area (Å²) in [5.74, 6) is -0.195. The summed E-state index contributed by atoms with van der Waals surface area (Å²) >= 11 is 1.77. The van der Waals surface area contributed by atoms with Crippen LogP contribution in [-0.2, 0) is 0 Å². The molecule has 1 fully saturated rings. The maximum atomic E-state index is 13.0. The Labute approximate surface area is 113 Å². The lowest BCUT2D eigenvalue weighted by molar-refractivity contribution is 0.0697. The van der Waals surface area contributed by atoms with Crippen LogP contribution in [-0.4, -0.2) is 46.6 Å². The third kappa shape index (κ3) is 3.37. The Kier molecular flexibility index (Phi) is 4.26. The van der Waals surface area contributed by atoms with Gasteiger partial charge in [-0.05, 0) is 18.2 Å². The number of aromatic carboxylic acids is 1. The lowest BCUT2D eigenvalue weighted by atomic mass is 10.1. The first-order chi connectivity index (χ1) is 9.08. The van der Waals surface area contributed by atoms with Crippen LogP contribution < -0.4 is 5.32 Å². The Morgan fingerprint density at radius 2 is 2.00 bits per heavy atom. The van der Waals surface area contributed by atoms with Crippen molar-refractivity contribution in [3.63, 3.8) is 0 Å². The Morgan fingerprint density at radius 3 is 2.63 bits per heavy atom. The molecule has 102 valence electrons. The van der Waals surface area contributed by atoms with E-state index in [2.05, 4.69) is 5.32 Å². The molecule has 1 aliphatic heterocycles. The predicted molar refractivity (Wildman–Crippen MR) is 71.3 cm³/mol. The molecule has 2 amide bonds. The minimum absolute atomic E-state index is 0.108. The van der Waals surface area contributed by atoms with E-state index in [-0.39, 0.29) is 17.3 Å². The van der Waals surface area contributed by atoms with Crippen LogP contribution in [0.2, 0.25) is 0 Å².